The lowest BCUT2D eigenvalue weighted by atomic mass is 10.4. The normalized spacial score (nSPS) is 9.23. The number of primary amides is 1. The van der Waals surface area contributed by atoms with E-state index in [9.17, 15) is 14.7 Å². The molecule has 13 heavy (non-hydrogen) atoms. The van der Waals surface area contributed by atoms with E-state index in [0.717, 1.165) is 0 Å². The maximum Gasteiger partial charge on any atom is 0.316 e. The van der Waals surface area contributed by atoms with Crippen LogP contribution in [0.15, 0.2) is 29.1 Å². The van der Waals surface area contributed by atoms with Gasteiger partial charge in [0.2, 0.25) is 5.43 Å². The Morgan fingerprint density at radius 3 is 2.62 bits per heavy atom. The molecule has 0 aromatic heterocycles. The Morgan fingerprint density at radius 1 is 1.38 bits per heavy atom. The van der Waals surface area contributed by atoms with Gasteiger partial charge in [-0.25, -0.2) is 4.79 Å². The highest BCUT2D eigenvalue weighted by atomic mass is 16.3. The van der Waals surface area contributed by atoms with Crippen molar-refractivity contribution in [2.45, 2.75) is 0 Å². The molecule has 1 rings (SSSR count). The summed E-state index contributed by atoms with van der Waals surface area (Å²) < 4.78 is 0. The van der Waals surface area contributed by atoms with Gasteiger partial charge in [0.25, 0.3) is 0 Å². The van der Waals surface area contributed by atoms with Gasteiger partial charge in [-0.3, -0.25) is 4.79 Å². The molecule has 1 aromatic carbocycles. The van der Waals surface area contributed by atoms with Gasteiger partial charge in [-0.1, -0.05) is 12.1 Å². The van der Waals surface area contributed by atoms with E-state index in [0.29, 0.717) is 0 Å². The Balaban J connectivity index is 3.23. The average Bonchev–Trinajstić information content (AvgIpc) is 2.19. The first-order chi connectivity index (χ1) is 6.11. The van der Waals surface area contributed by atoms with Gasteiger partial charge in [0, 0.05) is 0 Å². The molecule has 2 amide bonds. The van der Waals surface area contributed by atoms with E-state index in [4.69, 9.17) is 5.73 Å². The average molecular weight is 180 g/mol. The fraction of sp³-hybridized carbons (Fsp3) is 0. The number of amides is 2. The lowest BCUT2D eigenvalue weighted by Crippen LogP contribution is -2.19. The van der Waals surface area contributed by atoms with Gasteiger partial charge in [-0.15, -0.1) is 0 Å². The molecule has 0 saturated carbocycles. The monoisotopic (exact) mass is 180 g/mol. The fourth-order valence-electron chi connectivity index (χ4n) is 0.819. The van der Waals surface area contributed by atoms with Crippen LogP contribution in [0.25, 0.3) is 0 Å². The molecule has 0 unspecified atom stereocenters. The molecular weight excluding hydrogens is 172 g/mol. The van der Waals surface area contributed by atoms with Crippen LogP contribution in [0.5, 0.6) is 5.75 Å². The fourth-order valence-corrected chi connectivity index (χ4v) is 0.819. The van der Waals surface area contributed by atoms with Crippen LogP contribution in [0.3, 0.4) is 0 Å². The van der Waals surface area contributed by atoms with Crippen molar-refractivity contribution >= 4 is 11.7 Å². The van der Waals surface area contributed by atoms with E-state index in [1.807, 2.05) is 0 Å². The first-order valence-corrected chi connectivity index (χ1v) is 3.50. The number of aromatic hydroxyl groups is 1. The Bertz CT molecular complexity index is 389. The standard InChI is InChI=1S/C8H8N2O3/c9-8(13)10-5-3-1-2-4-6(11)7(5)12/h1-4H,(H4,9,10,11,12,13). The third-order valence-corrected chi connectivity index (χ3v) is 1.37. The van der Waals surface area contributed by atoms with Crippen LogP contribution in [0.2, 0.25) is 0 Å². The summed E-state index contributed by atoms with van der Waals surface area (Å²) in [7, 11) is 0. The number of rotatable bonds is 1. The van der Waals surface area contributed by atoms with Gasteiger partial charge in [0.15, 0.2) is 5.75 Å². The van der Waals surface area contributed by atoms with E-state index >= 15 is 0 Å². The minimum absolute atomic E-state index is 0.00231. The van der Waals surface area contributed by atoms with E-state index in [1.165, 1.54) is 24.3 Å². The molecule has 4 N–H and O–H groups in total. The molecular formula is C8H8N2O3. The molecule has 5 nitrogen and oxygen atoms in total. The molecule has 0 radical (unpaired) electrons. The predicted octanol–water partition coefficient (Wildman–Crippen LogP) is 0.243. The van der Waals surface area contributed by atoms with Gasteiger partial charge < -0.3 is 16.2 Å². The number of carbonyl (C=O) groups excluding carboxylic acids is 1. The Hall–Kier alpha value is -2.04. The van der Waals surface area contributed by atoms with Gasteiger partial charge in [-0.2, -0.15) is 0 Å². The van der Waals surface area contributed by atoms with E-state index in [2.05, 4.69) is 5.32 Å². The highest BCUT2D eigenvalue weighted by Gasteiger charge is 2.03. The van der Waals surface area contributed by atoms with Gasteiger partial charge >= 0.3 is 6.03 Å². The van der Waals surface area contributed by atoms with Crippen molar-refractivity contribution in [2.24, 2.45) is 5.73 Å². The molecule has 0 saturated heterocycles. The molecule has 5 heteroatoms. The van der Waals surface area contributed by atoms with Crippen molar-refractivity contribution in [2.75, 3.05) is 5.32 Å². The van der Waals surface area contributed by atoms with Crippen molar-refractivity contribution in [3.8, 4) is 5.75 Å². The maximum absolute atomic E-state index is 11.0. The quantitative estimate of drug-likeness (QED) is 0.578. The molecule has 0 aliphatic heterocycles. The number of nitrogens with one attached hydrogen (secondary N) is 1. The summed E-state index contributed by atoms with van der Waals surface area (Å²) in [5.41, 5.74) is 4.25. The highest BCUT2D eigenvalue weighted by molar-refractivity contribution is 5.89. The van der Waals surface area contributed by atoms with Crippen LogP contribution in [-0.4, -0.2) is 11.1 Å². The van der Waals surface area contributed by atoms with Crippen molar-refractivity contribution in [1.82, 2.24) is 0 Å². The smallest absolute Gasteiger partial charge is 0.316 e. The second-order valence-corrected chi connectivity index (χ2v) is 2.33. The van der Waals surface area contributed by atoms with Gasteiger partial charge in [0.1, 0.15) is 0 Å². The topological polar surface area (TPSA) is 92.4 Å². The number of hydrogen-bond acceptors (Lipinski definition) is 3. The number of hydrogen-bond donors (Lipinski definition) is 3. The van der Waals surface area contributed by atoms with E-state index in [1.54, 1.807) is 0 Å². The number of nitrogens with two attached hydrogens (primary N) is 1. The van der Waals surface area contributed by atoms with Crippen LogP contribution in [0, 0.1) is 0 Å². The summed E-state index contributed by atoms with van der Waals surface area (Å²) in [4.78, 5) is 21.4. The van der Waals surface area contributed by atoms with Crippen LogP contribution in [0.4, 0.5) is 10.5 Å². The van der Waals surface area contributed by atoms with Gasteiger partial charge in [-0.05, 0) is 12.1 Å². The minimum Gasteiger partial charge on any atom is -0.503 e. The van der Waals surface area contributed by atoms with Crippen molar-refractivity contribution in [3.05, 3.63) is 34.5 Å². The van der Waals surface area contributed by atoms with Crippen molar-refractivity contribution in [1.29, 1.82) is 0 Å². The molecule has 0 heterocycles. The number of urea groups is 1. The van der Waals surface area contributed by atoms with Crippen LogP contribution in [-0.2, 0) is 0 Å². The lowest BCUT2D eigenvalue weighted by Gasteiger charge is -1.98. The second-order valence-electron chi connectivity index (χ2n) is 2.33. The molecule has 1 aromatic rings. The summed E-state index contributed by atoms with van der Waals surface area (Å²) in [5.74, 6) is -0.524. The lowest BCUT2D eigenvalue weighted by molar-refractivity contribution is 0.259. The van der Waals surface area contributed by atoms with E-state index < -0.39 is 17.2 Å². The maximum atomic E-state index is 11.0. The third-order valence-electron chi connectivity index (χ3n) is 1.37. The van der Waals surface area contributed by atoms with Crippen molar-refractivity contribution in [3.63, 3.8) is 0 Å². The van der Waals surface area contributed by atoms with Gasteiger partial charge in [0.05, 0.1) is 5.69 Å². The number of anilines is 1. The van der Waals surface area contributed by atoms with Crippen LogP contribution < -0.4 is 16.5 Å². The molecule has 0 aliphatic carbocycles. The molecule has 68 valence electrons. The SMILES string of the molecule is NC(=O)Nc1ccccc(=O)c1O. The highest BCUT2D eigenvalue weighted by Crippen LogP contribution is 2.15. The Kier molecular flexibility index (Phi) is 2.49. The molecule has 0 spiro atoms. The first kappa shape index (κ1) is 9.05. The third kappa shape index (κ3) is 2.19. The largest absolute Gasteiger partial charge is 0.503 e. The minimum atomic E-state index is -0.832. The zero-order chi connectivity index (χ0) is 9.84. The molecule has 0 aliphatic rings. The second kappa shape index (κ2) is 3.57. The molecule has 0 atom stereocenters. The zero-order valence-corrected chi connectivity index (χ0v) is 6.65. The Morgan fingerprint density at radius 2 is 2.00 bits per heavy atom. The number of carbonyl (C=O) groups is 1. The Labute approximate surface area is 73.8 Å². The molecule has 0 fully saturated rings. The predicted molar refractivity (Wildman–Crippen MR) is 47.6 cm³/mol. The zero-order valence-electron chi connectivity index (χ0n) is 6.65. The van der Waals surface area contributed by atoms with Crippen LogP contribution >= 0.6 is 0 Å². The summed E-state index contributed by atoms with van der Waals surface area (Å²) in [6.07, 6.45) is 0. The molecule has 0 bridgehead atoms. The first-order valence-electron chi connectivity index (χ1n) is 3.50. The van der Waals surface area contributed by atoms with Crippen molar-refractivity contribution < 1.29 is 9.90 Å². The summed E-state index contributed by atoms with van der Waals surface area (Å²) in [5, 5.41) is 11.3. The van der Waals surface area contributed by atoms with Crippen LogP contribution in [0.1, 0.15) is 0 Å². The van der Waals surface area contributed by atoms with E-state index in [-0.39, 0.29) is 5.69 Å². The summed E-state index contributed by atoms with van der Waals surface area (Å²) in [6, 6.07) is 4.68. The summed E-state index contributed by atoms with van der Waals surface area (Å²) >= 11 is 0. The summed E-state index contributed by atoms with van der Waals surface area (Å²) in [6.45, 7) is 0.